The maximum atomic E-state index is 12.1. The summed E-state index contributed by atoms with van der Waals surface area (Å²) in [5.41, 5.74) is 10.0. The van der Waals surface area contributed by atoms with Crippen molar-refractivity contribution in [2.45, 2.75) is 38.5 Å². The molecule has 1 N–H and O–H groups in total. The summed E-state index contributed by atoms with van der Waals surface area (Å²) in [5.74, 6) is 0.631. The summed E-state index contributed by atoms with van der Waals surface area (Å²) >= 11 is 0. The van der Waals surface area contributed by atoms with E-state index < -0.39 is 6.09 Å². The molecule has 0 aromatic heterocycles. The number of rotatable bonds is 3. The summed E-state index contributed by atoms with van der Waals surface area (Å²) in [6, 6.07) is 22.0. The van der Waals surface area contributed by atoms with Gasteiger partial charge in [0.25, 0.3) is 0 Å². The van der Waals surface area contributed by atoms with Crippen LogP contribution in [0.15, 0.2) is 60.7 Å². The fourth-order valence-corrected chi connectivity index (χ4v) is 5.50. The third kappa shape index (κ3) is 3.75. The van der Waals surface area contributed by atoms with Crippen LogP contribution in [0.4, 0.5) is 16.2 Å². The molecule has 0 unspecified atom stereocenters. The minimum absolute atomic E-state index is 0.315. The number of methoxy groups -OCH3 is 1. The molecule has 2 heterocycles. The van der Waals surface area contributed by atoms with Crippen molar-refractivity contribution < 1.29 is 9.53 Å². The Kier molecular flexibility index (Phi) is 5.38. The fraction of sp³-hybridized carbons (Fsp3) is 0.321. The Bertz CT molecular complexity index is 1090. The average Bonchev–Trinajstić information content (AvgIpc) is 2.79. The highest BCUT2D eigenvalue weighted by Crippen LogP contribution is 2.49. The highest BCUT2D eigenvalue weighted by Gasteiger charge is 2.35. The third-order valence-corrected chi connectivity index (χ3v) is 6.93. The summed E-state index contributed by atoms with van der Waals surface area (Å²) in [6.07, 6.45) is 1.72. The van der Waals surface area contributed by atoms with Crippen molar-refractivity contribution in [2.24, 2.45) is 0 Å². The van der Waals surface area contributed by atoms with Gasteiger partial charge in [0.05, 0.1) is 7.11 Å². The number of carbonyl (C=O) groups is 1. The van der Waals surface area contributed by atoms with Crippen LogP contribution in [0.25, 0.3) is 0 Å². The van der Waals surface area contributed by atoms with Crippen molar-refractivity contribution in [2.75, 3.05) is 30.4 Å². The number of hydrogen-bond acceptors (Lipinski definition) is 3. The molecule has 2 aliphatic heterocycles. The van der Waals surface area contributed by atoms with Gasteiger partial charge < -0.3 is 9.64 Å². The number of nitrogens with one attached hydrogen (secondary N) is 1. The summed E-state index contributed by atoms with van der Waals surface area (Å²) in [4.78, 5) is 14.6. The average molecular weight is 427 g/mol. The predicted molar refractivity (Wildman–Crippen MR) is 130 cm³/mol. The van der Waals surface area contributed by atoms with Crippen molar-refractivity contribution in [3.05, 3.63) is 94.0 Å². The standard InChI is InChI=1S/C28H30N2O2/c1-18-6-4-8-20(14-18)23-10-12-30-13-11-24(21-9-5-7-19(2)15-21)26-17-22(29-28(31)32-3)16-25(23)27(26)30/h4-9,14-17,23-24H,10-13H2,1-3H3,(H,29,31)/t23-,24-/m0/s1. The topological polar surface area (TPSA) is 41.6 Å². The van der Waals surface area contributed by atoms with Crippen molar-refractivity contribution in [1.82, 2.24) is 0 Å². The Morgan fingerprint density at radius 1 is 0.875 bits per heavy atom. The van der Waals surface area contributed by atoms with Crippen molar-refractivity contribution in [1.29, 1.82) is 0 Å². The Labute approximate surface area is 190 Å². The molecule has 0 fully saturated rings. The van der Waals surface area contributed by atoms with Crippen LogP contribution in [-0.4, -0.2) is 26.3 Å². The molecule has 5 rings (SSSR count). The van der Waals surface area contributed by atoms with Crippen LogP contribution in [0.3, 0.4) is 0 Å². The second-order valence-corrected chi connectivity index (χ2v) is 9.12. The first kappa shape index (κ1) is 20.6. The molecule has 4 heteroatoms. The number of carbonyl (C=O) groups excluding carboxylic acids is 1. The van der Waals surface area contributed by atoms with Crippen LogP contribution in [-0.2, 0) is 4.74 Å². The highest BCUT2D eigenvalue weighted by molar-refractivity contribution is 5.86. The summed E-state index contributed by atoms with van der Waals surface area (Å²) in [6.45, 7) is 6.42. The second kappa shape index (κ2) is 8.34. The number of benzene rings is 3. The first-order valence-corrected chi connectivity index (χ1v) is 11.4. The Hall–Kier alpha value is -3.27. The third-order valence-electron chi connectivity index (χ3n) is 6.93. The molecule has 0 saturated carbocycles. The van der Waals surface area contributed by atoms with Gasteiger partial charge in [0.1, 0.15) is 0 Å². The number of anilines is 2. The monoisotopic (exact) mass is 426 g/mol. The number of aryl methyl sites for hydroxylation is 2. The lowest BCUT2D eigenvalue weighted by molar-refractivity contribution is 0.187. The maximum Gasteiger partial charge on any atom is 0.411 e. The van der Waals surface area contributed by atoms with Crippen molar-refractivity contribution >= 4 is 17.5 Å². The number of amides is 1. The lowest BCUT2D eigenvalue weighted by Gasteiger charge is -2.43. The fourth-order valence-electron chi connectivity index (χ4n) is 5.50. The van der Waals surface area contributed by atoms with E-state index in [0.29, 0.717) is 11.8 Å². The minimum Gasteiger partial charge on any atom is -0.453 e. The lowest BCUT2D eigenvalue weighted by Crippen LogP contribution is -2.37. The first-order valence-electron chi connectivity index (χ1n) is 11.4. The van der Waals surface area contributed by atoms with E-state index in [0.717, 1.165) is 31.6 Å². The molecule has 3 aromatic carbocycles. The lowest BCUT2D eigenvalue weighted by atomic mass is 9.76. The number of hydrogen-bond donors (Lipinski definition) is 1. The zero-order valence-electron chi connectivity index (χ0n) is 19.0. The Balaban J connectivity index is 1.68. The molecule has 4 nitrogen and oxygen atoms in total. The highest BCUT2D eigenvalue weighted by atomic mass is 16.5. The normalized spacial score (nSPS) is 19.3. The van der Waals surface area contributed by atoms with Crippen LogP contribution in [0.1, 0.15) is 58.1 Å². The van der Waals surface area contributed by atoms with Gasteiger partial charge in [-0.2, -0.15) is 0 Å². The number of ether oxygens (including phenoxy) is 1. The number of nitrogens with zero attached hydrogens (tertiary/aromatic N) is 1. The molecule has 32 heavy (non-hydrogen) atoms. The van der Waals surface area contributed by atoms with Gasteiger partial charge in [0, 0.05) is 36.3 Å². The second-order valence-electron chi connectivity index (χ2n) is 9.12. The minimum atomic E-state index is -0.431. The van der Waals surface area contributed by atoms with E-state index in [-0.39, 0.29) is 0 Å². The molecule has 0 radical (unpaired) electrons. The largest absolute Gasteiger partial charge is 0.453 e. The zero-order valence-corrected chi connectivity index (χ0v) is 19.0. The van der Waals surface area contributed by atoms with Gasteiger partial charge in [-0.15, -0.1) is 0 Å². The maximum absolute atomic E-state index is 12.1. The first-order chi connectivity index (χ1) is 15.5. The van der Waals surface area contributed by atoms with Gasteiger partial charge in [0.15, 0.2) is 0 Å². The molecule has 2 aliphatic rings. The quantitative estimate of drug-likeness (QED) is 0.530. The van der Waals surface area contributed by atoms with E-state index in [2.05, 4.69) is 84.7 Å². The van der Waals surface area contributed by atoms with E-state index in [4.69, 9.17) is 4.74 Å². The molecular formula is C28H30N2O2. The van der Waals surface area contributed by atoms with E-state index in [1.807, 2.05) is 0 Å². The van der Waals surface area contributed by atoms with Crippen LogP contribution < -0.4 is 10.2 Å². The summed E-state index contributed by atoms with van der Waals surface area (Å²) in [7, 11) is 1.41. The predicted octanol–water partition coefficient (Wildman–Crippen LogP) is 6.36. The molecule has 0 spiro atoms. The molecular weight excluding hydrogens is 396 g/mol. The van der Waals surface area contributed by atoms with E-state index in [9.17, 15) is 4.79 Å². The van der Waals surface area contributed by atoms with Gasteiger partial charge in [-0.3, -0.25) is 5.32 Å². The van der Waals surface area contributed by atoms with Crippen LogP contribution in [0.2, 0.25) is 0 Å². The zero-order chi connectivity index (χ0) is 22.2. The SMILES string of the molecule is COC(=O)Nc1cc2c3c(c1)[C@H](c1cccc(C)c1)CCN3CC[C@H]2c1cccc(C)c1. The van der Waals surface area contributed by atoms with E-state index in [1.165, 1.54) is 46.2 Å². The molecule has 0 bridgehead atoms. The van der Waals surface area contributed by atoms with Crippen LogP contribution >= 0.6 is 0 Å². The molecule has 1 amide bonds. The van der Waals surface area contributed by atoms with Crippen LogP contribution in [0.5, 0.6) is 0 Å². The molecule has 0 aliphatic carbocycles. The van der Waals surface area contributed by atoms with Gasteiger partial charge in [-0.05, 0) is 61.1 Å². The summed E-state index contributed by atoms with van der Waals surface area (Å²) in [5, 5.41) is 2.94. The Morgan fingerprint density at radius 2 is 1.41 bits per heavy atom. The van der Waals surface area contributed by atoms with Gasteiger partial charge in [-0.25, -0.2) is 4.79 Å². The van der Waals surface area contributed by atoms with E-state index >= 15 is 0 Å². The molecule has 0 saturated heterocycles. The van der Waals surface area contributed by atoms with Gasteiger partial charge in [-0.1, -0.05) is 59.7 Å². The Morgan fingerprint density at radius 3 is 1.88 bits per heavy atom. The smallest absolute Gasteiger partial charge is 0.411 e. The van der Waals surface area contributed by atoms with Gasteiger partial charge in [0.2, 0.25) is 0 Å². The summed E-state index contributed by atoms with van der Waals surface area (Å²) < 4.78 is 4.90. The van der Waals surface area contributed by atoms with Crippen molar-refractivity contribution in [3.8, 4) is 0 Å². The molecule has 3 aromatic rings. The molecule has 2 atom stereocenters. The van der Waals surface area contributed by atoms with Crippen molar-refractivity contribution in [3.63, 3.8) is 0 Å². The van der Waals surface area contributed by atoms with Gasteiger partial charge >= 0.3 is 6.09 Å². The van der Waals surface area contributed by atoms with E-state index in [1.54, 1.807) is 0 Å². The van der Waals surface area contributed by atoms with Crippen LogP contribution in [0, 0.1) is 13.8 Å². The molecule has 164 valence electrons.